The number of methoxy groups -OCH3 is 1. The smallest absolute Gasteiger partial charge is 0.125 e. The number of para-hydroxylation sites is 1. The average molecular weight is 272 g/mol. The minimum Gasteiger partial charge on any atom is -0.496 e. The molecule has 0 aliphatic carbocycles. The van der Waals surface area contributed by atoms with Crippen molar-refractivity contribution in [1.29, 1.82) is 0 Å². The minimum atomic E-state index is -0.717. The van der Waals surface area contributed by atoms with Crippen LogP contribution in [-0.2, 0) is 0 Å². The molecule has 0 aliphatic rings. The van der Waals surface area contributed by atoms with Crippen LogP contribution in [0.25, 0.3) is 0 Å². The second-order valence-corrected chi connectivity index (χ2v) is 4.84. The van der Waals surface area contributed by atoms with Crippen LogP contribution in [0.15, 0.2) is 42.5 Å². The zero-order chi connectivity index (χ0) is 14.5. The number of hydrogen-bond acceptors (Lipinski definition) is 3. The number of aliphatic hydroxyl groups excluding tert-OH is 1. The summed E-state index contributed by atoms with van der Waals surface area (Å²) in [5.74, 6) is 1.45. The molecule has 0 radical (unpaired) electrons. The molecular weight excluding hydrogens is 252 g/mol. The number of benzene rings is 2. The van der Waals surface area contributed by atoms with Gasteiger partial charge in [-0.25, -0.2) is 0 Å². The van der Waals surface area contributed by atoms with Gasteiger partial charge in [-0.15, -0.1) is 0 Å². The van der Waals surface area contributed by atoms with Crippen molar-refractivity contribution in [2.24, 2.45) is 0 Å². The Morgan fingerprint density at radius 3 is 2.45 bits per heavy atom. The van der Waals surface area contributed by atoms with Crippen molar-refractivity contribution in [3.8, 4) is 11.5 Å². The lowest BCUT2D eigenvalue weighted by atomic mass is 10.00. The average Bonchev–Trinajstić information content (AvgIpc) is 2.45. The lowest BCUT2D eigenvalue weighted by molar-refractivity contribution is 0.105. The van der Waals surface area contributed by atoms with Crippen molar-refractivity contribution < 1.29 is 14.6 Å². The number of ether oxygens (including phenoxy) is 2. The standard InChI is InChI=1S/C17H20O3/c1-12-9-13(2)17(16(10-12)19-3)15(18)11-20-14-7-5-4-6-8-14/h4-10,15,18H,11H2,1-3H3. The molecule has 0 amide bonds. The van der Waals surface area contributed by atoms with Gasteiger partial charge >= 0.3 is 0 Å². The van der Waals surface area contributed by atoms with Crippen LogP contribution in [0.1, 0.15) is 22.8 Å². The van der Waals surface area contributed by atoms with E-state index in [2.05, 4.69) is 0 Å². The Morgan fingerprint density at radius 2 is 1.80 bits per heavy atom. The molecule has 1 N–H and O–H groups in total. The molecule has 3 nitrogen and oxygen atoms in total. The van der Waals surface area contributed by atoms with E-state index < -0.39 is 6.10 Å². The van der Waals surface area contributed by atoms with Gasteiger partial charge in [0, 0.05) is 5.56 Å². The molecule has 0 aliphatic heterocycles. The Balaban J connectivity index is 2.15. The van der Waals surface area contributed by atoms with E-state index in [-0.39, 0.29) is 6.61 Å². The highest BCUT2D eigenvalue weighted by Gasteiger charge is 2.17. The molecule has 0 aromatic heterocycles. The zero-order valence-electron chi connectivity index (χ0n) is 12.1. The fourth-order valence-corrected chi connectivity index (χ4v) is 2.31. The van der Waals surface area contributed by atoms with E-state index in [0.29, 0.717) is 5.75 Å². The lowest BCUT2D eigenvalue weighted by Crippen LogP contribution is -2.12. The Bertz CT molecular complexity index is 564. The van der Waals surface area contributed by atoms with E-state index in [4.69, 9.17) is 9.47 Å². The van der Waals surface area contributed by atoms with E-state index in [1.165, 1.54) is 0 Å². The van der Waals surface area contributed by atoms with Crippen LogP contribution in [0.2, 0.25) is 0 Å². The summed E-state index contributed by atoms with van der Waals surface area (Å²) in [6, 6.07) is 13.4. The van der Waals surface area contributed by atoms with E-state index in [9.17, 15) is 5.11 Å². The second-order valence-electron chi connectivity index (χ2n) is 4.84. The first-order chi connectivity index (χ1) is 9.61. The zero-order valence-corrected chi connectivity index (χ0v) is 12.1. The Kier molecular flexibility index (Phi) is 4.64. The Labute approximate surface area is 119 Å². The largest absolute Gasteiger partial charge is 0.496 e. The van der Waals surface area contributed by atoms with Gasteiger partial charge in [-0.2, -0.15) is 0 Å². The van der Waals surface area contributed by atoms with Crippen molar-refractivity contribution in [3.63, 3.8) is 0 Å². The van der Waals surface area contributed by atoms with Gasteiger partial charge < -0.3 is 14.6 Å². The lowest BCUT2D eigenvalue weighted by Gasteiger charge is -2.18. The monoisotopic (exact) mass is 272 g/mol. The first-order valence-corrected chi connectivity index (χ1v) is 6.63. The van der Waals surface area contributed by atoms with Crippen molar-refractivity contribution in [2.75, 3.05) is 13.7 Å². The van der Waals surface area contributed by atoms with Crippen LogP contribution in [0, 0.1) is 13.8 Å². The SMILES string of the molecule is COc1cc(C)cc(C)c1C(O)COc1ccccc1. The molecule has 0 saturated heterocycles. The van der Waals surface area contributed by atoms with Crippen LogP contribution in [0.4, 0.5) is 0 Å². The van der Waals surface area contributed by atoms with E-state index in [0.717, 1.165) is 22.4 Å². The molecule has 0 spiro atoms. The quantitative estimate of drug-likeness (QED) is 0.906. The van der Waals surface area contributed by atoms with E-state index >= 15 is 0 Å². The van der Waals surface area contributed by atoms with Crippen LogP contribution in [-0.4, -0.2) is 18.8 Å². The van der Waals surface area contributed by atoms with Gasteiger partial charge in [0.1, 0.15) is 24.2 Å². The number of aryl methyl sites for hydroxylation is 2. The highest BCUT2D eigenvalue weighted by atomic mass is 16.5. The summed E-state index contributed by atoms with van der Waals surface area (Å²) in [6.45, 7) is 4.17. The molecule has 2 rings (SSSR count). The summed E-state index contributed by atoms with van der Waals surface area (Å²) in [6.07, 6.45) is -0.717. The van der Waals surface area contributed by atoms with Crippen molar-refractivity contribution in [1.82, 2.24) is 0 Å². The van der Waals surface area contributed by atoms with Gasteiger partial charge in [-0.1, -0.05) is 24.3 Å². The summed E-state index contributed by atoms with van der Waals surface area (Å²) < 4.78 is 11.0. The summed E-state index contributed by atoms with van der Waals surface area (Å²) in [7, 11) is 1.61. The van der Waals surface area contributed by atoms with Gasteiger partial charge in [-0.3, -0.25) is 0 Å². The predicted molar refractivity (Wildman–Crippen MR) is 79.4 cm³/mol. The Hall–Kier alpha value is -2.00. The van der Waals surface area contributed by atoms with Crippen LogP contribution < -0.4 is 9.47 Å². The molecule has 3 heteroatoms. The molecule has 0 fully saturated rings. The predicted octanol–water partition coefficient (Wildman–Crippen LogP) is 3.42. The second kappa shape index (κ2) is 6.44. The maximum absolute atomic E-state index is 10.4. The maximum Gasteiger partial charge on any atom is 0.125 e. The normalized spacial score (nSPS) is 12.0. The first-order valence-electron chi connectivity index (χ1n) is 6.63. The summed E-state index contributed by atoms with van der Waals surface area (Å²) >= 11 is 0. The van der Waals surface area contributed by atoms with Crippen LogP contribution in [0.5, 0.6) is 11.5 Å². The first kappa shape index (κ1) is 14.4. The highest BCUT2D eigenvalue weighted by molar-refractivity contribution is 5.44. The number of aliphatic hydroxyl groups is 1. The van der Waals surface area contributed by atoms with E-state index in [1.54, 1.807) is 7.11 Å². The minimum absolute atomic E-state index is 0.199. The summed E-state index contributed by atoms with van der Waals surface area (Å²) in [5, 5.41) is 10.4. The third-order valence-corrected chi connectivity index (χ3v) is 3.20. The Morgan fingerprint density at radius 1 is 1.10 bits per heavy atom. The molecule has 2 aromatic carbocycles. The van der Waals surface area contributed by atoms with Gasteiger partial charge in [0.15, 0.2) is 0 Å². The molecule has 0 saturated carbocycles. The topological polar surface area (TPSA) is 38.7 Å². The van der Waals surface area contributed by atoms with Gasteiger partial charge in [0.2, 0.25) is 0 Å². The molecule has 2 aromatic rings. The third-order valence-electron chi connectivity index (χ3n) is 3.20. The molecule has 1 unspecified atom stereocenters. The summed E-state index contributed by atoms with van der Waals surface area (Å²) in [4.78, 5) is 0. The number of rotatable bonds is 5. The van der Waals surface area contributed by atoms with Crippen molar-refractivity contribution >= 4 is 0 Å². The molecule has 0 heterocycles. The fraction of sp³-hybridized carbons (Fsp3) is 0.294. The van der Waals surface area contributed by atoms with Gasteiger partial charge in [0.05, 0.1) is 7.11 Å². The van der Waals surface area contributed by atoms with Gasteiger partial charge in [0.25, 0.3) is 0 Å². The van der Waals surface area contributed by atoms with Crippen LogP contribution in [0.3, 0.4) is 0 Å². The molecular formula is C17H20O3. The van der Waals surface area contributed by atoms with Gasteiger partial charge in [-0.05, 0) is 43.2 Å². The molecule has 106 valence electrons. The molecule has 0 bridgehead atoms. The van der Waals surface area contributed by atoms with Crippen molar-refractivity contribution in [3.05, 3.63) is 59.2 Å². The van der Waals surface area contributed by atoms with Crippen LogP contribution >= 0.6 is 0 Å². The number of hydrogen-bond donors (Lipinski definition) is 1. The third kappa shape index (κ3) is 3.31. The van der Waals surface area contributed by atoms with Crippen molar-refractivity contribution in [2.45, 2.75) is 20.0 Å². The molecule has 1 atom stereocenters. The highest BCUT2D eigenvalue weighted by Crippen LogP contribution is 2.30. The fourth-order valence-electron chi connectivity index (χ4n) is 2.31. The maximum atomic E-state index is 10.4. The summed E-state index contributed by atoms with van der Waals surface area (Å²) in [5.41, 5.74) is 2.90. The van der Waals surface area contributed by atoms with E-state index in [1.807, 2.05) is 56.3 Å². The molecule has 20 heavy (non-hydrogen) atoms.